The minimum Gasteiger partial charge on any atom is -0.393 e. The lowest BCUT2D eigenvalue weighted by atomic mass is 9.94. The normalized spacial score (nSPS) is 31.2. The van der Waals surface area contributed by atoms with Crippen LogP contribution in [0, 0.1) is 29.1 Å². The highest BCUT2D eigenvalue weighted by Gasteiger charge is 2.55. The van der Waals surface area contributed by atoms with Crippen molar-refractivity contribution in [2.75, 3.05) is 0 Å². The van der Waals surface area contributed by atoms with Crippen molar-refractivity contribution in [1.82, 2.24) is 0 Å². The second-order valence-electron chi connectivity index (χ2n) is 6.15. The summed E-state index contributed by atoms with van der Waals surface area (Å²) in [6.07, 6.45) is 2.57. The van der Waals surface area contributed by atoms with Gasteiger partial charge in [-0.2, -0.15) is 5.26 Å². The summed E-state index contributed by atoms with van der Waals surface area (Å²) < 4.78 is 1.19. The number of rotatable bonds is 2. The smallest absolute Gasteiger partial charge is 0.207 e. The number of hydrogen-bond acceptors (Lipinski definition) is 3. The van der Waals surface area contributed by atoms with Crippen LogP contribution in [-0.4, -0.2) is 28.1 Å². The third kappa shape index (κ3) is 2.35. The van der Waals surface area contributed by atoms with Gasteiger partial charge < -0.3 is 5.11 Å². The van der Waals surface area contributed by atoms with Crippen LogP contribution in [0.1, 0.15) is 36.0 Å². The van der Waals surface area contributed by atoms with Gasteiger partial charge in [0.05, 0.1) is 22.6 Å². The van der Waals surface area contributed by atoms with Crippen molar-refractivity contribution >= 4 is 11.6 Å². The molecule has 0 amide bonds. The Morgan fingerprint density at radius 3 is 2.90 bits per heavy atom. The summed E-state index contributed by atoms with van der Waals surface area (Å²) in [6, 6.07) is 5.54. The SMILES string of the molecule is Cc1c(CC2C[C@H]3[C@H](O)CC[C@@H]3[N+]2=O)ccc(C#N)c1Cl. The Morgan fingerprint density at radius 1 is 1.48 bits per heavy atom. The van der Waals surface area contributed by atoms with Crippen molar-refractivity contribution in [2.24, 2.45) is 5.92 Å². The maximum Gasteiger partial charge on any atom is 0.207 e. The molecule has 1 heterocycles. The van der Waals surface area contributed by atoms with Gasteiger partial charge in [0, 0.05) is 28.9 Å². The molecule has 110 valence electrons. The molecule has 5 heteroatoms. The molecule has 1 saturated heterocycles. The quantitative estimate of drug-likeness (QED) is 0.855. The van der Waals surface area contributed by atoms with Crippen LogP contribution in [0.15, 0.2) is 12.1 Å². The Kier molecular flexibility index (Phi) is 3.73. The molecule has 0 radical (unpaired) electrons. The highest BCUT2D eigenvalue weighted by Crippen LogP contribution is 2.40. The van der Waals surface area contributed by atoms with Crippen LogP contribution in [0.3, 0.4) is 0 Å². The van der Waals surface area contributed by atoms with Crippen molar-refractivity contribution in [3.63, 3.8) is 0 Å². The maximum atomic E-state index is 12.4. The first-order chi connectivity index (χ1) is 10.0. The molecular weight excluding hydrogens is 288 g/mol. The predicted octanol–water partition coefficient (Wildman–Crippen LogP) is 2.75. The monoisotopic (exact) mass is 305 g/mol. The van der Waals surface area contributed by atoms with E-state index in [1.807, 2.05) is 13.0 Å². The van der Waals surface area contributed by atoms with Crippen LogP contribution in [0.5, 0.6) is 0 Å². The Bertz CT molecular complexity index is 638. The average Bonchev–Trinajstić information content (AvgIpc) is 2.98. The lowest BCUT2D eigenvalue weighted by molar-refractivity contribution is -0.599. The molecule has 4 atom stereocenters. The maximum absolute atomic E-state index is 12.4. The number of aliphatic hydroxyl groups is 1. The molecule has 1 unspecified atom stereocenters. The van der Waals surface area contributed by atoms with Crippen molar-refractivity contribution in [3.8, 4) is 6.07 Å². The second kappa shape index (κ2) is 5.40. The highest BCUT2D eigenvalue weighted by atomic mass is 35.5. The Morgan fingerprint density at radius 2 is 2.24 bits per heavy atom. The van der Waals surface area contributed by atoms with E-state index in [1.165, 1.54) is 4.76 Å². The second-order valence-corrected chi connectivity index (χ2v) is 6.53. The molecule has 1 saturated carbocycles. The van der Waals surface area contributed by atoms with E-state index in [0.29, 0.717) is 17.0 Å². The summed E-state index contributed by atoms with van der Waals surface area (Å²) in [4.78, 5) is 12.4. The fourth-order valence-electron chi connectivity index (χ4n) is 3.80. The molecule has 1 aromatic carbocycles. The van der Waals surface area contributed by atoms with E-state index in [9.17, 15) is 10.0 Å². The van der Waals surface area contributed by atoms with E-state index < -0.39 is 0 Å². The first-order valence-electron chi connectivity index (χ1n) is 7.34. The molecule has 2 fully saturated rings. The van der Waals surface area contributed by atoms with Gasteiger partial charge in [-0.15, -0.1) is 0 Å². The Balaban J connectivity index is 1.81. The van der Waals surface area contributed by atoms with E-state index in [4.69, 9.17) is 16.9 Å². The number of benzene rings is 1. The van der Waals surface area contributed by atoms with Gasteiger partial charge in [0.2, 0.25) is 12.1 Å². The molecule has 1 aliphatic heterocycles. The third-order valence-corrected chi connectivity index (χ3v) is 5.54. The summed E-state index contributed by atoms with van der Waals surface area (Å²) in [5.41, 5.74) is 2.36. The molecule has 3 rings (SSSR count). The van der Waals surface area contributed by atoms with E-state index in [-0.39, 0.29) is 24.1 Å². The summed E-state index contributed by atoms with van der Waals surface area (Å²) in [6.45, 7) is 1.89. The Labute approximate surface area is 128 Å². The van der Waals surface area contributed by atoms with E-state index in [0.717, 1.165) is 30.4 Å². The zero-order valence-electron chi connectivity index (χ0n) is 11.9. The van der Waals surface area contributed by atoms with E-state index in [2.05, 4.69) is 6.07 Å². The summed E-state index contributed by atoms with van der Waals surface area (Å²) in [7, 11) is 0. The summed E-state index contributed by atoms with van der Waals surface area (Å²) in [5, 5.41) is 19.4. The van der Waals surface area contributed by atoms with Gasteiger partial charge >= 0.3 is 0 Å². The lowest BCUT2D eigenvalue weighted by Crippen LogP contribution is -2.26. The predicted molar refractivity (Wildman–Crippen MR) is 79.2 cm³/mol. The minimum absolute atomic E-state index is 0.0286. The number of halogens is 1. The summed E-state index contributed by atoms with van der Waals surface area (Å²) >= 11 is 6.19. The fraction of sp³-hybridized carbons (Fsp3) is 0.562. The highest BCUT2D eigenvalue weighted by molar-refractivity contribution is 6.32. The Hall–Kier alpha value is -1.44. The number of nitrogens with zero attached hydrogens (tertiary/aromatic N) is 2. The van der Waals surface area contributed by atoms with Gasteiger partial charge in [-0.05, 0) is 30.5 Å². The van der Waals surface area contributed by atoms with Crippen LogP contribution in [0.2, 0.25) is 5.02 Å². The van der Waals surface area contributed by atoms with Crippen molar-refractivity contribution < 1.29 is 9.87 Å². The van der Waals surface area contributed by atoms with Crippen molar-refractivity contribution in [3.05, 3.63) is 38.8 Å². The largest absolute Gasteiger partial charge is 0.393 e. The fourth-order valence-corrected chi connectivity index (χ4v) is 4.03. The van der Waals surface area contributed by atoms with E-state index >= 15 is 0 Å². The molecule has 21 heavy (non-hydrogen) atoms. The van der Waals surface area contributed by atoms with Crippen LogP contribution in [0.4, 0.5) is 0 Å². The number of hydrogen-bond donors (Lipinski definition) is 1. The molecule has 1 aromatic rings. The zero-order valence-corrected chi connectivity index (χ0v) is 12.7. The number of nitriles is 1. The lowest BCUT2D eigenvalue weighted by Gasteiger charge is -2.11. The number of fused-ring (bicyclic) bond motifs is 1. The van der Waals surface area contributed by atoms with Gasteiger partial charge in [-0.3, -0.25) is 0 Å². The average molecular weight is 306 g/mol. The molecule has 4 nitrogen and oxygen atoms in total. The van der Waals surface area contributed by atoms with Crippen molar-refractivity contribution in [1.29, 1.82) is 5.26 Å². The minimum atomic E-state index is -0.331. The van der Waals surface area contributed by atoms with Gasteiger partial charge in [0.1, 0.15) is 6.07 Å². The first kappa shape index (κ1) is 14.5. The van der Waals surface area contributed by atoms with E-state index in [1.54, 1.807) is 6.07 Å². The van der Waals surface area contributed by atoms with Gasteiger partial charge in [-0.1, -0.05) is 17.7 Å². The van der Waals surface area contributed by atoms with Gasteiger partial charge in [0.15, 0.2) is 0 Å². The first-order valence-corrected chi connectivity index (χ1v) is 7.72. The van der Waals surface area contributed by atoms with Crippen molar-refractivity contribution in [2.45, 2.75) is 50.8 Å². The third-order valence-electron chi connectivity index (χ3n) is 5.05. The van der Waals surface area contributed by atoms with Crippen LogP contribution >= 0.6 is 11.6 Å². The van der Waals surface area contributed by atoms with Crippen LogP contribution < -0.4 is 0 Å². The van der Waals surface area contributed by atoms with Gasteiger partial charge in [0.25, 0.3) is 0 Å². The van der Waals surface area contributed by atoms with Gasteiger partial charge in [-0.25, -0.2) is 0 Å². The molecule has 1 aliphatic carbocycles. The van der Waals surface area contributed by atoms with Crippen LogP contribution in [-0.2, 0) is 6.42 Å². The topological polar surface area (TPSA) is 64.1 Å². The number of nitroso groups, excluding NO2 is 1. The molecule has 2 aliphatic rings. The molecule has 0 bridgehead atoms. The number of aliphatic hydroxyl groups excluding tert-OH is 1. The molecule has 0 aromatic heterocycles. The molecular formula is C16H18ClN2O2+. The summed E-state index contributed by atoms with van der Waals surface area (Å²) in [5.74, 6) is 0.113. The van der Waals surface area contributed by atoms with Crippen LogP contribution in [0.25, 0.3) is 0 Å². The zero-order chi connectivity index (χ0) is 15.1. The molecule has 0 spiro atoms. The molecule has 1 N–H and O–H groups in total. The standard InChI is InChI=1S/C16H18ClN2O2/c1-9-10(2-3-11(8-18)16(9)17)6-12-7-13-14(19(12)21)4-5-15(13)20/h2-3,12-15,20H,4-7H2,1H3/q+1/t12?,13-,14+,15-/m1/s1.